The van der Waals surface area contributed by atoms with Crippen LogP contribution in [0.5, 0.6) is 0 Å². The van der Waals surface area contributed by atoms with Crippen LogP contribution in [-0.2, 0) is 4.79 Å². The number of rotatable bonds is 4. The van der Waals surface area contributed by atoms with Crippen LogP contribution in [0.1, 0.15) is 19.3 Å². The summed E-state index contributed by atoms with van der Waals surface area (Å²) in [6.45, 7) is 5.61. The van der Waals surface area contributed by atoms with E-state index in [1.165, 1.54) is 13.0 Å². The molecule has 0 radical (unpaired) electrons. The van der Waals surface area contributed by atoms with Crippen LogP contribution in [-0.4, -0.2) is 55.5 Å². The Bertz CT molecular complexity index is 184. The second-order valence-electron chi connectivity index (χ2n) is 4.07. The number of nitrogens with two attached hydrogens (primary N) is 1. The van der Waals surface area contributed by atoms with Gasteiger partial charge in [0, 0.05) is 19.5 Å². The van der Waals surface area contributed by atoms with Crippen molar-refractivity contribution in [3.63, 3.8) is 0 Å². The summed E-state index contributed by atoms with van der Waals surface area (Å²) < 4.78 is 0. The van der Waals surface area contributed by atoms with E-state index in [1.807, 2.05) is 0 Å². The fourth-order valence-electron chi connectivity index (χ4n) is 1.80. The van der Waals surface area contributed by atoms with E-state index in [0.717, 1.165) is 32.6 Å². The van der Waals surface area contributed by atoms with Crippen LogP contribution in [0.2, 0.25) is 0 Å². The molecule has 0 atom stereocenters. The molecule has 1 heterocycles. The second-order valence-corrected chi connectivity index (χ2v) is 4.07. The van der Waals surface area contributed by atoms with Gasteiger partial charge in [0.2, 0.25) is 5.91 Å². The van der Waals surface area contributed by atoms with E-state index in [9.17, 15) is 4.79 Å². The Labute approximate surface area is 86.0 Å². The topological polar surface area (TPSA) is 49.6 Å². The number of hydrogen-bond acceptors (Lipinski definition) is 3. The van der Waals surface area contributed by atoms with Gasteiger partial charge in [0.05, 0.1) is 0 Å². The van der Waals surface area contributed by atoms with Crippen molar-refractivity contribution in [2.24, 2.45) is 5.73 Å². The summed E-state index contributed by atoms with van der Waals surface area (Å²) >= 11 is 0. The van der Waals surface area contributed by atoms with E-state index in [0.29, 0.717) is 6.42 Å². The van der Waals surface area contributed by atoms with Crippen molar-refractivity contribution in [1.29, 1.82) is 0 Å². The third kappa shape index (κ3) is 4.58. The largest absolute Gasteiger partial charge is 0.370 e. The number of carbonyl (C=O) groups is 1. The lowest BCUT2D eigenvalue weighted by atomic mass is 10.2. The predicted octanol–water partition coefficient (Wildman–Crippen LogP) is -0.111. The van der Waals surface area contributed by atoms with Crippen LogP contribution in [0.15, 0.2) is 0 Å². The van der Waals surface area contributed by atoms with Crippen molar-refractivity contribution in [3.8, 4) is 0 Å². The molecule has 0 unspecified atom stereocenters. The molecule has 4 heteroatoms. The number of nitrogens with zero attached hydrogens (tertiary/aromatic N) is 2. The molecule has 1 amide bonds. The number of carbonyl (C=O) groups excluding carboxylic acids is 1. The van der Waals surface area contributed by atoms with Gasteiger partial charge in [-0.25, -0.2) is 0 Å². The molecular formula is C10H21N3O. The van der Waals surface area contributed by atoms with E-state index in [2.05, 4.69) is 16.8 Å². The SMILES string of the molecule is CN1CCCN(CCCC(N)=O)CC1. The van der Waals surface area contributed by atoms with Gasteiger partial charge in [-0.05, 0) is 39.5 Å². The van der Waals surface area contributed by atoms with Gasteiger partial charge in [0.15, 0.2) is 0 Å². The minimum Gasteiger partial charge on any atom is -0.370 e. The Morgan fingerprint density at radius 2 is 2.07 bits per heavy atom. The van der Waals surface area contributed by atoms with Crippen LogP contribution < -0.4 is 5.73 Å². The van der Waals surface area contributed by atoms with Gasteiger partial charge in [-0.1, -0.05) is 0 Å². The zero-order chi connectivity index (χ0) is 10.4. The van der Waals surface area contributed by atoms with Crippen LogP contribution in [0, 0.1) is 0 Å². The number of amides is 1. The lowest BCUT2D eigenvalue weighted by Gasteiger charge is -2.19. The Hall–Kier alpha value is -0.610. The maximum atomic E-state index is 10.6. The average Bonchev–Trinajstić information content (AvgIpc) is 2.30. The first kappa shape index (κ1) is 11.5. The first-order valence-corrected chi connectivity index (χ1v) is 5.37. The Morgan fingerprint density at radius 1 is 1.29 bits per heavy atom. The third-order valence-corrected chi connectivity index (χ3v) is 2.71. The van der Waals surface area contributed by atoms with Gasteiger partial charge in [-0.3, -0.25) is 4.79 Å². The second kappa shape index (κ2) is 5.98. The van der Waals surface area contributed by atoms with Crippen LogP contribution >= 0.6 is 0 Å². The van der Waals surface area contributed by atoms with Crippen LogP contribution in [0.4, 0.5) is 0 Å². The van der Waals surface area contributed by atoms with Crippen molar-refractivity contribution in [1.82, 2.24) is 9.80 Å². The normalized spacial score (nSPS) is 20.6. The molecule has 1 rings (SSSR count). The van der Waals surface area contributed by atoms with Crippen molar-refractivity contribution in [2.45, 2.75) is 19.3 Å². The predicted molar refractivity (Wildman–Crippen MR) is 57.0 cm³/mol. The Balaban J connectivity index is 2.14. The molecule has 2 N–H and O–H groups in total. The van der Waals surface area contributed by atoms with E-state index in [4.69, 9.17) is 5.73 Å². The van der Waals surface area contributed by atoms with Gasteiger partial charge >= 0.3 is 0 Å². The quantitative estimate of drug-likeness (QED) is 0.687. The molecule has 4 nitrogen and oxygen atoms in total. The summed E-state index contributed by atoms with van der Waals surface area (Å²) in [6, 6.07) is 0. The summed E-state index contributed by atoms with van der Waals surface area (Å²) in [4.78, 5) is 15.3. The molecule has 0 spiro atoms. The minimum atomic E-state index is -0.183. The fourth-order valence-corrected chi connectivity index (χ4v) is 1.80. The molecule has 1 aliphatic rings. The molecule has 1 aliphatic heterocycles. The summed E-state index contributed by atoms with van der Waals surface area (Å²) in [5.74, 6) is -0.183. The molecule has 0 bridgehead atoms. The monoisotopic (exact) mass is 199 g/mol. The first-order chi connectivity index (χ1) is 6.68. The third-order valence-electron chi connectivity index (χ3n) is 2.71. The highest BCUT2D eigenvalue weighted by Gasteiger charge is 2.11. The number of likely N-dealkylation sites (N-methyl/N-ethyl adjacent to an activating group) is 1. The standard InChI is InChI=1S/C10H21N3O/c1-12-5-3-7-13(9-8-12)6-2-4-10(11)14/h2-9H2,1H3,(H2,11,14). The molecule has 0 aromatic heterocycles. The highest BCUT2D eigenvalue weighted by atomic mass is 16.1. The summed E-state index contributed by atoms with van der Waals surface area (Å²) in [5, 5.41) is 0. The van der Waals surface area contributed by atoms with Crippen LogP contribution in [0.25, 0.3) is 0 Å². The van der Waals surface area contributed by atoms with Gasteiger partial charge in [-0.2, -0.15) is 0 Å². The Morgan fingerprint density at radius 3 is 2.79 bits per heavy atom. The molecule has 14 heavy (non-hydrogen) atoms. The van der Waals surface area contributed by atoms with Crippen LogP contribution in [0.3, 0.4) is 0 Å². The highest BCUT2D eigenvalue weighted by Crippen LogP contribution is 2.02. The van der Waals surface area contributed by atoms with Gasteiger partial charge in [-0.15, -0.1) is 0 Å². The molecule has 82 valence electrons. The van der Waals surface area contributed by atoms with E-state index >= 15 is 0 Å². The fraction of sp³-hybridized carbons (Fsp3) is 0.900. The van der Waals surface area contributed by atoms with Crippen molar-refractivity contribution in [3.05, 3.63) is 0 Å². The lowest BCUT2D eigenvalue weighted by Crippen LogP contribution is -2.30. The zero-order valence-electron chi connectivity index (χ0n) is 9.04. The number of hydrogen-bond donors (Lipinski definition) is 1. The van der Waals surface area contributed by atoms with E-state index in [1.54, 1.807) is 0 Å². The molecule has 0 saturated carbocycles. The number of primary amides is 1. The summed E-state index contributed by atoms with van der Waals surface area (Å²) in [6.07, 6.45) is 2.65. The first-order valence-electron chi connectivity index (χ1n) is 5.37. The Kier molecular flexibility index (Phi) is 4.90. The molecule has 0 aliphatic carbocycles. The van der Waals surface area contributed by atoms with Gasteiger partial charge in [0.25, 0.3) is 0 Å². The molecule has 1 saturated heterocycles. The highest BCUT2D eigenvalue weighted by molar-refractivity contribution is 5.73. The average molecular weight is 199 g/mol. The summed E-state index contributed by atoms with van der Waals surface area (Å²) in [5.41, 5.74) is 5.10. The van der Waals surface area contributed by atoms with Crippen molar-refractivity contribution >= 4 is 5.91 Å². The zero-order valence-corrected chi connectivity index (χ0v) is 9.04. The maximum absolute atomic E-state index is 10.6. The molecular weight excluding hydrogens is 178 g/mol. The maximum Gasteiger partial charge on any atom is 0.217 e. The molecule has 1 fully saturated rings. The minimum absolute atomic E-state index is 0.183. The van der Waals surface area contributed by atoms with E-state index in [-0.39, 0.29) is 5.91 Å². The van der Waals surface area contributed by atoms with E-state index < -0.39 is 0 Å². The lowest BCUT2D eigenvalue weighted by molar-refractivity contribution is -0.118. The molecule has 0 aromatic rings. The van der Waals surface area contributed by atoms with Crippen molar-refractivity contribution in [2.75, 3.05) is 39.8 Å². The van der Waals surface area contributed by atoms with Gasteiger partial charge < -0.3 is 15.5 Å². The molecule has 0 aromatic carbocycles. The smallest absolute Gasteiger partial charge is 0.217 e. The summed E-state index contributed by atoms with van der Waals surface area (Å²) in [7, 11) is 2.16. The van der Waals surface area contributed by atoms with Crippen molar-refractivity contribution < 1.29 is 4.79 Å². The van der Waals surface area contributed by atoms with Gasteiger partial charge in [0.1, 0.15) is 0 Å².